The Kier molecular flexibility index (Phi) is 7.87. The van der Waals surface area contributed by atoms with Gasteiger partial charge in [0.15, 0.2) is 0 Å². The standard InChI is InChI=1S/C21H28N2O4S/c1-4-17-11-13-19(14-12-17)27-16-15-22-21(24)20(5-2)23(28(3,25)26)18-9-7-6-8-10-18/h6-14,20H,4-5,15-16H2,1-3H3,(H,22,24)/t20-/m0/s1. The summed E-state index contributed by atoms with van der Waals surface area (Å²) in [6.45, 7) is 4.47. The SMILES string of the molecule is CCc1ccc(OCCNC(=O)[C@H](CC)N(c2ccccc2)S(C)(=O)=O)cc1. The number of para-hydroxylation sites is 1. The predicted octanol–water partition coefficient (Wildman–Crippen LogP) is 2.99. The van der Waals surface area contributed by atoms with Gasteiger partial charge in [-0.3, -0.25) is 9.10 Å². The smallest absolute Gasteiger partial charge is 0.244 e. The van der Waals surface area contributed by atoms with Crippen molar-refractivity contribution >= 4 is 21.6 Å². The lowest BCUT2D eigenvalue weighted by Gasteiger charge is -2.30. The first-order valence-corrected chi connectivity index (χ1v) is 11.3. The summed E-state index contributed by atoms with van der Waals surface area (Å²) in [5.41, 5.74) is 1.70. The number of carbonyl (C=O) groups excluding carboxylic acids is 1. The zero-order chi connectivity index (χ0) is 20.6. The number of amides is 1. The summed E-state index contributed by atoms with van der Waals surface area (Å²) in [7, 11) is -3.61. The lowest BCUT2D eigenvalue weighted by atomic mass is 10.2. The van der Waals surface area contributed by atoms with Crippen LogP contribution in [0.2, 0.25) is 0 Å². The van der Waals surface area contributed by atoms with Gasteiger partial charge in [0.25, 0.3) is 0 Å². The van der Waals surface area contributed by atoms with Crippen molar-refractivity contribution in [2.75, 3.05) is 23.7 Å². The normalized spacial score (nSPS) is 12.2. The molecule has 0 saturated heterocycles. The highest BCUT2D eigenvalue weighted by Gasteiger charge is 2.31. The number of carbonyl (C=O) groups is 1. The first-order valence-electron chi connectivity index (χ1n) is 9.40. The van der Waals surface area contributed by atoms with Crippen molar-refractivity contribution in [3.8, 4) is 5.75 Å². The third kappa shape index (κ3) is 5.99. The Hall–Kier alpha value is -2.54. The van der Waals surface area contributed by atoms with Crippen LogP contribution >= 0.6 is 0 Å². The molecule has 28 heavy (non-hydrogen) atoms. The second-order valence-electron chi connectivity index (χ2n) is 6.46. The van der Waals surface area contributed by atoms with Crippen molar-refractivity contribution in [1.29, 1.82) is 0 Å². The molecule has 152 valence electrons. The molecule has 0 spiro atoms. The zero-order valence-corrected chi connectivity index (χ0v) is 17.4. The summed E-state index contributed by atoms with van der Waals surface area (Å²) in [5, 5.41) is 2.78. The molecule has 0 radical (unpaired) electrons. The van der Waals surface area contributed by atoms with Gasteiger partial charge in [-0.25, -0.2) is 8.42 Å². The molecule has 0 aromatic heterocycles. The van der Waals surface area contributed by atoms with E-state index >= 15 is 0 Å². The second-order valence-corrected chi connectivity index (χ2v) is 8.31. The maximum atomic E-state index is 12.7. The van der Waals surface area contributed by atoms with Crippen LogP contribution in [0.4, 0.5) is 5.69 Å². The Labute approximate surface area is 167 Å². The minimum Gasteiger partial charge on any atom is -0.492 e. The van der Waals surface area contributed by atoms with E-state index in [1.807, 2.05) is 24.3 Å². The van der Waals surface area contributed by atoms with E-state index < -0.39 is 16.1 Å². The fourth-order valence-corrected chi connectivity index (χ4v) is 4.13. The van der Waals surface area contributed by atoms with Crippen LogP contribution in [0.15, 0.2) is 54.6 Å². The predicted molar refractivity (Wildman–Crippen MR) is 112 cm³/mol. The number of hydrogen-bond donors (Lipinski definition) is 1. The molecule has 0 unspecified atom stereocenters. The number of aryl methyl sites for hydroxylation is 1. The van der Waals surface area contributed by atoms with Crippen LogP contribution in [-0.4, -0.2) is 39.8 Å². The Morgan fingerprint density at radius 2 is 1.71 bits per heavy atom. The molecule has 2 aromatic rings. The topological polar surface area (TPSA) is 75.7 Å². The van der Waals surface area contributed by atoms with E-state index in [0.29, 0.717) is 18.7 Å². The van der Waals surface area contributed by atoms with Gasteiger partial charge in [-0.1, -0.05) is 44.2 Å². The Morgan fingerprint density at radius 1 is 1.07 bits per heavy atom. The lowest BCUT2D eigenvalue weighted by Crippen LogP contribution is -2.49. The van der Waals surface area contributed by atoms with Gasteiger partial charge in [0.05, 0.1) is 18.5 Å². The minimum absolute atomic E-state index is 0.289. The first-order chi connectivity index (χ1) is 13.4. The van der Waals surface area contributed by atoms with Gasteiger partial charge in [-0.15, -0.1) is 0 Å². The summed E-state index contributed by atoms with van der Waals surface area (Å²) in [5.74, 6) is 0.391. The van der Waals surface area contributed by atoms with Crippen molar-refractivity contribution in [3.63, 3.8) is 0 Å². The summed E-state index contributed by atoms with van der Waals surface area (Å²) in [4.78, 5) is 12.7. The highest BCUT2D eigenvalue weighted by atomic mass is 32.2. The third-order valence-corrected chi connectivity index (χ3v) is 5.52. The van der Waals surface area contributed by atoms with Crippen LogP contribution in [-0.2, 0) is 21.2 Å². The van der Waals surface area contributed by atoms with E-state index in [2.05, 4.69) is 12.2 Å². The number of ether oxygens (including phenoxy) is 1. The van der Waals surface area contributed by atoms with E-state index in [9.17, 15) is 13.2 Å². The molecule has 1 N–H and O–H groups in total. The van der Waals surface area contributed by atoms with Gasteiger partial charge < -0.3 is 10.1 Å². The van der Waals surface area contributed by atoms with Crippen molar-refractivity contribution in [2.24, 2.45) is 0 Å². The number of anilines is 1. The van der Waals surface area contributed by atoms with Crippen molar-refractivity contribution in [1.82, 2.24) is 5.32 Å². The minimum atomic E-state index is -3.61. The quantitative estimate of drug-likeness (QED) is 0.618. The number of nitrogens with zero attached hydrogens (tertiary/aromatic N) is 1. The maximum Gasteiger partial charge on any atom is 0.244 e. The molecule has 0 aliphatic rings. The highest BCUT2D eigenvalue weighted by Crippen LogP contribution is 2.22. The summed E-state index contributed by atoms with van der Waals surface area (Å²) < 4.78 is 31.5. The monoisotopic (exact) mass is 404 g/mol. The van der Waals surface area contributed by atoms with Crippen LogP contribution in [0.25, 0.3) is 0 Å². The van der Waals surface area contributed by atoms with Crippen LogP contribution < -0.4 is 14.4 Å². The van der Waals surface area contributed by atoms with Crippen LogP contribution in [0, 0.1) is 0 Å². The molecule has 7 heteroatoms. The van der Waals surface area contributed by atoms with Gasteiger partial charge in [0, 0.05) is 0 Å². The van der Waals surface area contributed by atoms with E-state index in [1.165, 1.54) is 9.87 Å². The van der Waals surface area contributed by atoms with Crippen molar-refractivity contribution in [2.45, 2.75) is 32.7 Å². The van der Waals surface area contributed by atoms with Gasteiger partial charge in [-0.2, -0.15) is 0 Å². The molecule has 1 amide bonds. The molecular weight excluding hydrogens is 376 g/mol. The average Bonchev–Trinajstić information content (AvgIpc) is 2.69. The number of nitrogens with one attached hydrogen (secondary N) is 1. The van der Waals surface area contributed by atoms with Crippen molar-refractivity contribution < 1.29 is 17.9 Å². The molecular formula is C21H28N2O4S. The van der Waals surface area contributed by atoms with Crippen LogP contribution in [0.1, 0.15) is 25.8 Å². The van der Waals surface area contributed by atoms with Crippen LogP contribution in [0.3, 0.4) is 0 Å². The fraction of sp³-hybridized carbons (Fsp3) is 0.381. The lowest BCUT2D eigenvalue weighted by molar-refractivity contribution is -0.122. The number of rotatable bonds is 10. The maximum absolute atomic E-state index is 12.7. The summed E-state index contributed by atoms with van der Waals surface area (Å²) in [6.07, 6.45) is 2.43. The van der Waals surface area contributed by atoms with Crippen LogP contribution in [0.5, 0.6) is 5.75 Å². The highest BCUT2D eigenvalue weighted by molar-refractivity contribution is 7.92. The van der Waals surface area contributed by atoms with Crippen molar-refractivity contribution in [3.05, 3.63) is 60.2 Å². The van der Waals surface area contributed by atoms with E-state index in [1.54, 1.807) is 37.3 Å². The molecule has 0 aliphatic heterocycles. The summed E-state index contributed by atoms with van der Waals surface area (Å²) in [6, 6.07) is 15.6. The van der Waals surface area contributed by atoms with Gasteiger partial charge in [0.2, 0.25) is 15.9 Å². The molecule has 1 atom stereocenters. The largest absolute Gasteiger partial charge is 0.492 e. The zero-order valence-electron chi connectivity index (χ0n) is 16.6. The van der Waals surface area contributed by atoms with E-state index in [-0.39, 0.29) is 12.5 Å². The fourth-order valence-electron chi connectivity index (χ4n) is 2.92. The molecule has 0 heterocycles. The molecule has 0 saturated carbocycles. The molecule has 0 fully saturated rings. The van der Waals surface area contributed by atoms with Gasteiger partial charge in [-0.05, 0) is 42.7 Å². The average molecular weight is 405 g/mol. The molecule has 0 aliphatic carbocycles. The third-order valence-electron chi connectivity index (χ3n) is 4.34. The number of sulfonamides is 1. The molecule has 2 rings (SSSR count). The summed E-state index contributed by atoms with van der Waals surface area (Å²) >= 11 is 0. The van der Waals surface area contributed by atoms with E-state index in [0.717, 1.165) is 18.4 Å². The Bertz CT molecular complexity index is 852. The molecule has 2 aromatic carbocycles. The Balaban J connectivity index is 1.97. The van der Waals surface area contributed by atoms with Gasteiger partial charge >= 0.3 is 0 Å². The Morgan fingerprint density at radius 3 is 2.25 bits per heavy atom. The first kappa shape index (κ1) is 21.8. The molecule has 0 bridgehead atoms. The van der Waals surface area contributed by atoms with Gasteiger partial charge in [0.1, 0.15) is 18.4 Å². The number of benzene rings is 2. The van der Waals surface area contributed by atoms with E-state index in [4.69, 9.17) is 4.74 Å². The number of hydrogen-bond acceptors (Lipinski definition) is 4. The second kappa shape index (κ2) is 10.1. The molecule has 6 nitrogen and oxygen atoms in total.